The molecule has 0 aliphatic heterocycles. The minimum Gasteiger partial charge on any atom is -0.350 e. The van der Waals surface area contributed by atoms with E-state index in [0.29, 0.717) is 21.4 Å². The quantitative estimate of drug-likeness (QED) is 0.522. The number of amides is 2. The number of carbonyl (C=O) groups is 2. The van der Waals surface area contributed by atoms with Crippen LogP contribution in [0.25, 0.3) is 0 Å². The van der Waals surface area contributed by atoms with Crippen molar-refractivity contribution in [1.29, 1.82) is 0 Å². The second kappa shape index (κ2) is 11.2. The summed E-state index contributed by atoms with van der Waals surface area (Å²) in [7, 11) is 0. The average Bonchev–Trinajstić information content (AvgIpc) is 2.67. The standard InChI is InChI=1S/C23H27Cl2FN2O2S/c1-15(22(30)27-23(2,3)4)28(12-16-7-5-6-8-20(16)26)21(29)14-31-13-17-9-10-18(24)11-19(17)25/h5-11,15H,12-14H2,1-4H3,(H,27,30). The monoisotopic (exact) mass is 484 g/mol. The largest absolute Gasteiger partial charge is 0.350 e. The highest BCUT2D eigenvalue weighted by Crippen LogP contribution is 2.25. The Kier molecular flexibility index (Phi) is 9.22. The van der Waals surface area contributed by atoms with Crippen LogP contribution in [0.5, 0.6) is 0 Å². The fourth-order valence-corrected chi connectivity index (χ4v) is 4.31. The summed E-state index contributed by atoms with van der Waals surface area (Å²) in [5, 5.41) is 3.97. The second-order valence-corrected chi connectivity index (χ2v) is 10.1. The Hall–Kier alpha value is -1.76. The maximum Gasteiger partial charge on any atom is 0.242 e. The Balaban J connectivity index is 2.13. The van der Waals surface area contributed by atoms with Crippen molar-refractivity contribution in [2.24, 2.45) is 0 Å². The van der Waals surface area contributed by atoms with Crippen molar-refractivity contribution in [2.45, 2.75) is 51.6 Å². The van der Waals surface area contributed by atoms with Gasteiger partial charge in [-0.3, -0.25) is 9.59 Å². The van der Waals surface area contributed by atoms with E-state index in [2.05, 4.69) is 5.32 Å². The molecule has 31 heavy (non-hydrogen) atoms. The third kappa shape index (κ3) is 8.02. The first-order valence-corrected chi connectivity index (χ1v) is 11.8. The van der Waals surface area contributed by atoms with Crippen LogP contribution in [0.4, 0.5) is 4.39 Å². The van der Waals surface area contributed by atoms with Crippen LogP contribution in [0.1, 0.15) is 38.8 Å². The van der Waals surface area contributed by atoms with Gasteiger partial charge in [0.05, 0.1) is 5.75 Å². The first-order chi connectivity index (χ1) is 14.5. The molecule has 0 aliphatic rings. The molecule has 1 unspecified atom stereocenters. The molecule has 0 saturated heterocycles. The Morgan fingerprint density at radius 2 is 1.81 bits per heavy atom. The van der Waals surface area contributed by atoms with Crippen molar-refractivity contribution in [1.82, 2.24) is 10.2 Å². The van der Waals surface area contributed by atoms with E-state index in [4.69, 9.17) is 23.2 Å². The molecule has 2 rings (SSSR count). The molecule has 1 N–H and O–H groups in total. The summed E-state index contributed by atoms with van der Waals surface area (Å²) in [6, 6.07) is 10.7. The molecular formula is C23H27Cl2FN2O2S. The highest BCUT2D eigenvalue weighted by molar-refractivity contribution is 7.99. The fraction of sp³-hybridized carbons (Fsp3) is 0.391. The Labute approximate surface area is 197 Å². The zero-order valence-corrected chi connectivity index (χ0v) is 20.4. The Morgan fingerprint density at radius 1 is 1.13 bits per heavy atom. The Morgan fingerprint density at radius 3 is 2.42 bits per heavy atom. The normalized spacial score (nSPS) is 12.4. The van der Waals surface area contributed by atoms with Gasteiger partial charge in [-0.1, -0.05) is 47.5 Å². The maximum atomic E-state index is 14.2. The molecule has 0 aromatic heterocycles. The van der Waals surface area contributed by atoms with Gasteiger partial charge in [-0.25, -0.2) is 4.39 Å². The van der Waals surface area contributed by atoms with Crippen molar-refractivity contribution < 1.29 is 14.0 Å². The number of carbonyl (C=O) groups excluding carboxylic acids is 2. The van der Waals surface area contributed by atoms with Crippen molar-refractivity contribution in [3.8, 4) is 0 Å². The van der Waals surface area contributed by atoms with Gasteiger partial charge < -0.3 is 10.2 Å². The number of rotatable bonds is 8. The van der Waals surface area contributed by atoms with Gasteiger partial charge in [-0.05, 0) is 51.5 Å². The summed E-state index contributed by atoms with van der Waals surface area (Å²) in [4.78, 5) is 27.2. The average molecular weight is 485 g/mol. The van der Waals surface area contributed by atoms with Gasteiger partial charge in [-0.2, -0.15) is 0 Å². The second-order valence-electron chi connectivity index (χ2n) is 8.26. The van der Waals surface area contributed by atoms with Crippen molar-refractivity contribution in [3.05, 3.63) is 69.5 Å². The molecule has 168 valence electrons. The summed E-state index contributed by atoms with van der Waals surface area (Å²) < 4.78 is 14.2. The van der Waals surface area contributed by atoms with Gasteiger partial charge in [0.15, 0.2) is 0 Å². The zero-order chi connectivity index (χ0) is 23.2. The first-order valence-electron chi connectivity index (χ1n) is 9.84. The van der Waals surface area contributed by atoms with Crippen LogP contribution in [0.3, 0.4) is 0 Å². The van der Waals surface area contributed by atoms with E-state index in [1.54, 1.807) is 37.3 Å². The van der Waals surface area contributed by atoms with Crippen LogP contribution in [0, 0.1) is 5.82 Å². The predicted octanol–water partition coefficient (Wildman–Crippen LogP) is 5.70. The third-order valence-electron chi connectivity index (χ3n) is 4.46. The summed E-state index contributed by atoms with van der Waals surface area (Å²) in [6.07, 6.45) is 0. The molecule has 0 spiro atoms. The first kappa shape index (κ1) is 25.5. The molecule has 2 amide bonds. The smallest absolute Gasteiger partial charge is 0.242 e. The van der Waals surface area contributed by atoms with E-state index in [9.17, 15) is 14.0 Å². The Bertz CT molecular complexity index is 934. The number of halogens is 3. The number of hydrogen-bond donors (Lipinski definition) is 1. The SMILES string of the molecule is CC(C(=O)NC(C)(C)C)N(Cc1ccccc1F)C(=O)CSCc1ccc(Cl)cc1Cl. The number of nitrogens with one attached hydrogen (secondary N) is 1. The minimum atomic E-state index is -0.758. The van der Waals surface area contributed by atoms with Gasteiger partial charge in [0, 0.05) is 33.4 Å². The molecule has 0 radical (unpaired) electrons. The predicted molar refractivity (Wildman–Crippen MR) is 127 cm³/mol. The third-order valence-corrected chi connectivity index (χ3v) is 6.02. The van der Waals surface area contributed by atoms with E-state index in [1.807, 2.05) is 26.8 Å². The van der Waals surface area contributed by atoms with Crippen LogP contribution >= 0.6 is 35.0 Å². The molecule has 4 nitrogen and oxygen atoms in total. The highest BCUT2D eigenvalue weighted by atomic mass is 35.5. The topological polar surface area (TPSA) is 49.4 Å². The van der Waals surface area contributed by atoms with E-state index >= 15 is 0 Å². The summed E-state index contributed by atoms with van der Waals surface area (Å²) >= 11 is 13.5. The minimum absolute atomic E-state index is 0.00645. The van der Waals surface area contributed by atoms with E-state index in [0.717, 1.165) is 5.56 Å². The number of benzene rings is 2. The van der Waals surface area contributed by atoms with Gasteiger partial charge in [0.25, 0.3) is 0 Å². The molecule has 0 saturated carbocycles. The van der Waals surface area contributed by atoms with E-state index < -0.39 is 17.4 Å². The van der Waals surface area contributed by atoms with Gasteiger partial charge in [0.2, 0.25) is 11.8 Å². The number of hydrogen-bond acceptors (Lipinski definition) is 3. The summed E-state index contributed by atoms with van der Waals surface area (Å²) in [6.45, 7) is 7.26. The molecule has 0 aliphatic carbocycles. The molecule has 1 atom stereocenters. The van der Waals surface area contributed by atoms with Gasteiger partial charge in [0.1, 0.15) is 11.9 Å². The lowest BCUT2D eigenvalue weighted by molar-refractivity contribution is -0.139. The molecule has 0 fully saturated rings. The van der Waals surface area contributed by atoms with Crippen LogP contribution in [-0.4, -0.2) is 34.0 Å². The van der Waals surface area contributed by atoms with Crippen LogP contribution < -0.4 is 5.32 Å². The molecule has 0 heterocycles. The summed E-state index contributed by atoms with van der Waals surface area (Å²) in [5.74, 6) is -0.319. The van der Waals surface area contributed by atoms with E-state index in [1.165, 1.54) is 22.7 Å². The van der Waals surface area contributed by atoms with Gasteiger partial charge in [-0.15, -0.1) is 11.8 Å². The number of thioether (sulfide) groups is 1. The van der Waals surface area contributed by atoms with Crippen molar-refractivity contribution in [3.63, 3.8) is 0 Å². The van der Waals surface area contributed by atoms with Crippen molar-refractivity contribution in [2.75, 3.05) is 5.75 Å². The maximum absolute atomic E-state index is 14.2. The molecular weight excluding hydrogens is 458 g/mol. The molecule has 8 heteroatoms. The fourth-order valence-electron chi connectivity index (χ4n) is 2.84. The van der Waals surface area contributed by atoms with Gasteiger partial charge >= 0.3 is 0 Å². The molecule has 2 aromatic rings. The van der Waals surface area contributed by atoms with Crippen LogP contribution in [0.15, 0.2) is 42.5 Å². The van der Waals surface area contributed by atoms with Crippen molar-refractivity contribution >= 4 is 46.8 Å². The van der Waals surface area contributed by atoms with E-state index in [-0.39, 0.29) is 24.1 Å². The summed E-state index contributed by atoms with van der Waals surface area (Å²) in [5.41, 5.74) is 0.776. The van der Waals surface area contributed by atoms with Crippen LogP contribution in [0.2, 0.25) is 10.0 Å². The van der Waals surface area contributed by atoms with Crippen LogP contribution in [-0.2, 0) is 21.9 Å². The lowest BCUT2D eigenvalue weighted by Crippen LogP contribution is -2.52. The molecule has 0 bridgehead atoms. The molecule has 2 aromatic carbocycles. The lowest BCUT2D eigenvalue weighted by Gasteiger charge is -2.31. The highest BCUT2D eigenvalue weighted by Gasteiger charge is 2.28. The number of nitrogens with zero attached hydrogens (tertiary/aromatic N) is 1. The zero-order valence-electron chi connectivity index (χ0n) is 18.0. The lowest BCUT2D eigenvalue weighted by atomic mass is 10.1.